The number of fused-ring (bicyclic) bond motifs is 8. The molecule has 54 heavy (non-hydrogen) atoms. The third kappa shape index (κ3) is 7.17. The molecule has 0 bridgehead atoms. The van der Waals surface area contributed by atoms with Gasteiger partial charge in [0.2, 0.25) is 0 Å². The van der Waals surface area contributed by atoms with Gasteiger partial charge in [-0.1, -0.05) is 164 Å². The van der Waals surface area contributed by atoms with Gasteiger partial charge in [-0.2, -0.15) is 0 Å². The van der Waals surface area contributed by atoms with Crippen molar-refractivity contribution >= 4 is 67.5 Å². The summed E-state index contributed by atoms with van der Waals surface area (Å²) in [7, 11) is -1.36. The molecular weight excluding hydrogens is 853 g/mol. The van der Waals surface area contributed by atoms with Gasteiger partial charge >= 0.3 is 0 Å². The molecule has 271 valence electrons. The van der Waals surface area contributed by atoms with E-state index in [0.717, 1.165) is 44.5 Å². The largest absolute Gasteiger partial charge is 0.500 e. The number of benzene rings is 6. The predicted molar refractivity (Wildman–Crippen MR) is 228 cm³/mol. The second kappa shape index (κ2) is 15.1. The molecular formula is C49H44IrN2OSi-2. The minimum atomic E-state index is -1.36. The maximum atomic E-state index is 6.52. The first-order chi connectivity index (χ1) is 25.5. The molecule has 0 spiro atoms. The predicted octanol–water partition coefficient (Wildman–Crippen LogP) is 13.2. The van der Waals surface area contributed by atoms with Crippen molar-refractivity contribution in [1.29, 1.82) is 0 Å². The maximum Gasteiger partial charge on any atom is 0.128 e. The van der Waals surface area contributed by atoms with Crippen LogP contribution in [-0.4, -0.2) is 18.0 Å². The smallest absolute Gasteiger partial charge is 0.128 e. The standard InChI is InChI=1S/C27H26NOSi.C22H18N.Ir/c1-17(2)18-13-14-28-25(16-18)24-8-6-7-22-23-11-9-19-15-20(30(3,4)5)10-12-21(19)26(23)29-27(22)24;1-15(2)17-11-12-23-22(14-17)19-9-10-21-18(13-19)8-7-16-5-3-4-6-20(16)21;/h6-7,9-17H,1-5H3;3-8,10-15H,1-2H3;/q2*-1;. The molecule has 0 N–H and O–H groups in total. The number of hydrogen-bond donors (Lipinski definition) is 0. The molecule has 0 atom stereocenters. The average molecular weight is 897 g/mol. The zero-order valence-electron chi connectivity index (χ0n) is 31.9. The number of rotatable bonds is 5. The van der Waals surface area contributed by atoms with Gasteiger partial charge in [0.25, 0.3) is 0 Å². The van der Waals surface area contributed by atoms with E-state index in [-0.39, 0.29) is 20.1 Å². The Balaban J connectivity index is 0.000000169. The first-order valence-corrected chi connectivity index (χ1v) is 22.1. The summed E-state index contributed by atoms with van der Waals surface area (Å²) in [4.78, 5) is 9.16. The fourth-order valence-electron chi connectivity index (χ4n) is 7.17. The summed E-state index contributed by atoms with van der Waals surface area (Å²) in [6, 6.07) is 47.8. The second-order valence-electron chi connectivity index (χ2n) is 15.7. The molecule has 0 fully saturated rings. The van der Waals surface area contributed by atoms with Crippen LogP contribution in [0.3, 0.4) is 0 Å². The summed E-state index contributed by atoms with van der Waals surface area (Å²) >= 11 is 0. The van der Waals surface area contributed by atoms with Gasteiger partial charge in [-0.25, -0.2) is 0 Å². The Kier molecular flexibility index (Phi) is 10.4. The third-order valence-corrected chi connectivity index (χ3v) is 12.4. The SMILES string of the molecule is CC(C)c1ccnc(-c2[c-]cc3c(ccc4ccccc43)c2)c1.CC(C)c1ccnc(-c2[c-]ccc3c2oc2c4ccc([Si](C)(C)C)cc4ccc32)c1.[Ir]. The molecule has 9 aromatic rings. The molecule has 0 aliphatic rings. The number of pyridine rings is 2. The van der Waals surface area contributed by atoms with E-state index >= 15 is 0 Å². The Bertz CT molecular complexity index is 2790. The van der Waals surface area contributed by atoms with Crippen LogP contribution < -0.4 is 5.19 Å². The Morgan fingerprint density at radius 3 is 1.93 bits per heavy atom. The van der Waals surface area contributed by atoms with Gasteiger partial charge < -0.3 is 14.4 Å². The van der Waals surface area contributed by atoms with Crippen molar-refractivity contribution in [1.82, 2.24) is 9.97 Å². The maximum absolute atomic E-state index is 6.52. The van der Waals surface area contributed by atoms with Gasteiger partial charge in [0.15, 0.2) is 0 Å². The van der Waals surface area contributed by atoms with E-state index in [1.54, 1.807) is 0 Å². The second-order valence-corrected chi connectivity index (χ2v) is 20.8. The van der Waals surface area contributed by atoms with Crippen molar-refractivity contribution in [3.05, 3.63) is 151 Å². The van der Waals surface area contributed by atoms with Crippen LogP contribution in [0.5, 0.6) is 0 Å². The average Bonchev–Trinajstić information content (AvgIpc) is 3.57. The number of hydrogen-bond acceptors (Lipinski definition) is 3. The van der Waals surface area contributed by atoms with Gasteiger partial charge in [-0.15, -0.1) is 47.3 Å². The summed E-state index contributed by atoms with van der Waals surface area (Å²) in [6.45, 7) is 16.0. The Morgan fingerprint density at radius 1 is 0.556 bits per heavy atom. The van der Waals surface area contributed by atoms with Crippen molar-refractivity contribution in [2.75, 3.05) is 0 Å². The van der Waals surface area contributed by atoms with Crippen LogP contribution in [0.1, 0.15) is 50.7 Å². The van der Waals surface area contributed by atoms with Crippen LogP contribution in [0.15, 0.2) is 132 Å². The van der Waals surface area contributed by atoms with E-state index < -0.39 is 8.07 Å². The van der Waals surface area contributed by atoms with Crippen LogP contribution in [-0.2, 0) is 20.1 Å². The first kappa shape index (κ1) is 37.4. The van der Waals surface area contributed by atoms with Crippen LogP contribution in [0.2, 0.25) is 19.6 Å². The van der Waals surface area contributed by atoms with E-state index in [9.17, 15) is 0 Å². The molecule has 3 heterocycles. The topological polar surface area (TPSA) is 38.9 Å². The van der Waals surface area contributed by atoms with Crippen molar-refractivity contribution in [3.63, 3.8) is 0 Å². The molecule has 9 rings (SSSR count). The number of aromatic nitrogens is 2. The molecule has 5 heteroatoms. The van der Waals surface area contributed by atoms with E-state index in [4.69, 9.17) is 4.42 Å². The molecule has 0 saturated heterocycles. The Hall–Kier alpha value is -4.93. The van der Waals surface area contributed by atoms with E-state index in [2.05, 4.69) is 179 Å². The van der Waals surface area contributed by atoms with E-state index in [1.807, 2.05) is 18.5 Å². The monoisotopic (exact) mass is 897 g/mol. The molecule has 3 nitrogen and oxygen atoms in total. The van der Waals surface area contributed by atoms with Gasteiger partial charge in [0.1, 0.15) is 5.58 Å². The number of furan rings is 1. The Morgan fingerprint density at radius 2 is 1.19 bits per heavy atom. The zero-order valence-corrected chi connectivity index (χ0v) is 35.3. The van der Waals surface area contributed by atoms with Crippen molar-refractivity contribution < 1.29 is 24.5 Å². The zero-order chi connectivity index (χ0) is 36.9. The fraction of sp³-hybridized carbons (Fsp3) is 0.184. The van der Waals surface area contributed by atoms with Crippen LogP contribution >= 0.6 is 0 Å². The third-order valence-electron chi connectivity index (χ3n) is 10.4. The van der Waals surface area contributed by atoms with Gasteiger partial charge in [-0.05, 0) is 46.1 Å². The molecule has 0 aliphatic heterocycles. The first-order valence-electron chi connectivity index (χ1n) is 18.6. The van der Waals surface area contributed by atoms with Gasteiger partial charge in [0, 0.05) is 43.3 Å². The Labute approximate surface area is 332 Å². The van der Waals surface area contributed by atoms with E-state index in [0.29, 0.717) is 11.8 Å². The van der Waals surface area contributed by atoms with Gasteiger partial charge in [-0.3, -0.25) is 0 Å². The summed E-state index contributed by atoms with van der Waals surface area (Å²) in [5.74, 6) is 0.951. The molecule has 6 aromatic carbocycles. The van der Waals surface area contributed by atoms with Crippen molar-refractivity contribution in [2.24, 2.45) is 0 Å². The quantitative estimate of drug-likeness (QED) is 0.0981. The van der Waals surface area contributed by atoms with Crippen LogP contribution in [0.4, 0.5) is 0 Å². The molecule has 0 aliphatic carbocycles. The van der Waals surface area contributed by atoms with Gasteiger partial charge in [0.05, 0.1) is 13.7 Å². The molecule has 0 unspecified atom stereocenters. The van der Waals surface area contributed by atoms with Crippen LogP contribution in [0, 0.1) is 12.1 Å². The van der Waals surface area contributed by atoms with Crippen LogP contribution in [0.25, 0.3) is 76.8 Å². The summed E-state index contributed by atoms with van der Waals surface area (Å²) in [6.07, 6.45) is 3.77. The summed E-state index contributed by atoms with van der Waals surface area (Å²) < 4.78 is 6.52. The fourth-order valence-corrected chi connectivity index (χ4v) is 8.35. The minimum Gasteiger partial charge on any atom is -0.500 e. The summed E-state index contributed by atoms with van der Waals surface area (Å²) in [5.41, 5.74) is 8.27. The molecule has 1 radical (unpaired) electrons. The van der Waals surface area contributed by atoms with E-state index in [1.165, 1.54) is 48.6 Å². The molecule has 3 aromatic heterocycles. The summed E-state index contributed by atoms with van der Waals surface area (Å²) in [5, 5.41) is 11.2. The molecule has 0 saturated carbocycles. The normalized spacial score (nSPS) is 11.8. The minimum absolute atomic E-state index is 0. The molecule has 0 amide bonds. The van der Waals surface area contributed by atoms with Crippen molar-refractivity contribution in [2.45, 2.75) is 59.2 Å². The van der Waals surface area contributed by atoms with Crippen molar-refractivity contribution in [3.8, 4) is 22.5 Å². The number of nitrogens with zero attached hydrogens (tertiary/aromatic N) is 2.